The SMILES string of the molecule is Cc1cccc(Cc2ccc3c(c2)[C@]2(OC3)O[C@H](CO)[C@@H](O)[C@H](O)[C@H]2O)c1. The molecular weight excluding hydrogens is 348 g/mol. The first-order valence-electron chi connectivity index (χ1n) is 9.09. The second-order valence-corrected chi connectivity index (χ2v) is 7.38. The van der Waals surface area contributed by atoms with Gasteiger partial charge in [0.25, 0.3) is 0 Å². The highest BCUT2D eigenvalue weighted by atomic mass is 16.7. The highest BCUT2D eigenvalue weighted by molar-refractivity contribution is 5.41. The first-order chi connectivity index (χ1) is 12.9. The first kappa shape index (κ1) is 18.6. The maximum absolute atomic E-state index is 10.6. The van der Waals surface area contributed by atoms with Gasteiger partial charge in [-0.15, -0.1) is 0 Å². The topological polar surface area (TPSA) is 99.4 Å². The van der Waals surface area contributed by atoms with Crippen molar-refractivity contribution in [3.8, 4) is 0 Å². The van der Waals surface area contributed by atoms with Gasteiger partial charge in [0.05, 0.1) is 13.2 Å². The van der Waals surface area contributed by atoms with E-state index >= 15 is 0 Å². The Labute approximate surface area is 157 Å². The van der Waals surface area contributed by atoms with Crippen LogP contribution in [0.15, 0.2) is 42.5 Å². The molecule has 2 aliphatic rings. The molecule has 0 saturated carbocycles. The standard InChI is InChI=1S/C21H24O6/c1-12-3-2-4-13(7-12)8-14-5-6-15-11-26-21(16(15)9-14)20(25)19(24)18(23)17(10-22)27-21/h2-7,9,17-20,22-25H,8,10-11H2,1H3/t17-,18-,19+,20-,21+/m1/s1. The highest BCUT2D eigenvalue weighted by Gasteiger charge is 2.58. The summed E-state index contributed by atoms with van der Waals surface area (Å²) < 4.78 is 11.6. The molecule has 1 fully saturated rings. The fourth-order valence-electron chi connectivity index (χ4n) is 3.99. The lowest BCUT2D eigenvalue weighted by Gasteiger charge is -2.46. The van der Waals surface area contributed by atoms with Gasteiger partial charge in [0, 0.05) is 5.56 Å². The molecule has 6 nitrogen and oxygen atoms in total. The predicted molar refractivity (Wildman–Crippen MR) is 96.9 cm³/mol. The zero-order valence-electron chi connectivity index (χ0n) is 15.1. The zero-order valence-corrected chi connectivity index (χ0v) is 15.1. The van der Waals surface area contributed by atoms with Crippen LogP contribution < -0.4 is 0 Å². The zero-order chi connectivity index (χ0) is 19.2. The fourth-order valence-corrected chi connectivity index (χ4v) is 3.99. The Balaban J connectivity index is 1.70. The van der Waals surface area contributed by atoms with Crippen LogP contribution in [-0.4, -0.2) is 51.4 Å². The Morgan fingerprint density at radius 2 is 1.81 bits per heavy atom. The van der Waals surface area contributed by atoms with E-state index in [0.29, 0.717) is 12.0 Å². The summed E-state index contributed by atoms with van der Waals surface area (Å²) in [4.78, 5) is 0. The van der Waals surface area contributed by atoms with Gasteiger partial charge in [-0.2, -0.15) is 0 Å². The number of aliphatic hydroxyl groups is 4. The number of hydrogen-bond donors (Lipinski definition) is 4. The lowest BCUT2D eigenvalue weighted by atomic mass is 9.86. The molecule has 2 heterocycles. The van der Waals surface area contributed by atoms with E-state index in [-0.39, 0.29) is 6.61 Å². The molecule has 5 atom stereocenters. The third kappa shape index (κ3) is 3.08. The lowest BCUT2D eigenvalue weighted by Crippen LogP contribution is -2.63. The van der Waals surface area contributed by atoms with Crippen molar-refractivity contribution in [2.75, 3.05) is 6.61 Å². The second kappa shape index (κ2) is 6.98. The van der Waals surface area contributed by atoms with Crippen molar-refractivity contribution in [3.05, 3.63) is 70.3 Å². The summed E-state index contributed by atoms with van der Waals surface area (Å²) in [5.41, 5.74) is 4.84. The van der Waals surface area contributed by atoms with Crippen molar-refractivity contribution >= 4 is 0 Å². The van der Waals surface area contributed by atoms with E-state index in [9.17, 15) is 20.4 Å². The van der Waals surface area contributed by atoms with Gasteiger partial charge in [0.15, 0.2) is 0 Å². The number of benzene rings is 2. The Hall–Kier alpha value is -1.80. The first-order valence-corrected chi connectivity index (χ1v) is 9.09. The van der Waals surface area contributed by atoms with Crippen molar-refractivity contribution in [1.29, 1.82) is 0 Å². The summed E-state index contributed by atoms with van der Waals surface area (Å²) in [5.74, 6) is -1.59. The molecule has 27 heavy (non-hydrogen) atoms. The van der Waals surface area contributed by atoms with E-state index in [4.69, 9.17) is 9.47 Å². The molecule has 6 heteroatoms. The predicted octanol–water partition coefficient (Wildman–Crippen LogP) is 0.743. The van der Waals surface area contributed by atoms with Crippen molar-refractivity contribution < 1.29 is 29.9 Å². The summed E-state index contributed by atoms with van der Waals surface area (Å²) >= 11 is 0. The van der Waals surface area contributed by atoms with Crippen LogP contribution in [0.5, 0.6) is 0 Å². The van der Waals surface area contributed by atoms with Gasteiger partial charge in [-0.3, -0.25) is 0 Å². The van der Waals surface area contributed by atoms with Crippen molar-refractivity contribution in [1.82, 2.24) is 0 Å². The van der Waals surface area contributed by atoms with Gasteiger partial charge in [-0.05, 0) is 36.1 Å². The third-order valence-electron chi connectivity index (χ3n) is 5.43. The number of rotatable bonds is 3. The smallest absolute Gasteiger partial charge is 0.225 e. The van der Waals surface area contributed by atoms with Crippen molar-refractivity contribution in [3.63, 3.8) is 0 Å². The van der Waals surface area contributed by atoms with Gasteiger partial charge in [-0.1, -0.05) is 42.0 Å². The van der Waals surface area contributed by atoms with Gasteiger partial charge in [-0.25, -0.2) is 0 Å². The van der Waals surface area contributed by atoms with Gasteiger partial charge in [0.1, 0.15) is 24.4 Å². The molecule has 0 aliphatic carbocycles. The number of fused-ring (bicyclic) bond motifs is 2. The van der Waals surface area contributed by atoms with Crippen LogP contribution in [0.25, 0.3) is 0 Å². The fraction of sp³-hybridized carbons (Fsp3) is 0.429. The average Bonchev–Trinajstić information content (AvgIpc) is 3.02. The van der Waals surface area contributed by atoms with Gasteiger partial charge >= 0.3 is 0 Å². The summed E-state index contributed by atoms with van der Waals surface area (Å²) in [6.07, 6.45) is -4.68. The Kier molecular flexibility index (Phi) is 4.80. The Morgan fingerprint density at radius 1 is 1.04 bits per heavy atom. The maximum Gasteiger partial charge on any atom is 0.225 e. The second-order valence-electron chi connectivity index (χ2n) is 7.38. The van der Waals surface area contributed by atoms with E-state index in [1.807, 2.05) is 37.3 Å². The number of hydrogen-bond acceptors (Lipinski definition) is 6. The molecule has 1 spiro atoms. The van der Waals surface area contributed by atoms with Crippen LogP contribution in [0.1, 0.15) is 27.8 Å². The van der Waals surface area contributed by atoms with E-state index in [0.717, 1.165) is 16.7 Å². The van der Waals surface area contributed by atoms with Crippen LogP contribution in [0.3, 0.4) is 0 Å². The number of aryl methyl sites for hydroxylation is 1. The van der Waals surface area contributed by atoms with Gasteiger partial charge in [0.2, 0.25) is 5.79 Å². The molecule has 2 aromatic rings. The normalized spacial score (nSPS) is 32.6. The van der Waals surface area contributed by atoms with Crippen LogP contribution in [0, 0.1) is 6.92 Å². The summed E-state index contributed by atoms with van der Waals surface area (Å²) in [7, 11) is 0. The monoisotopic (exact) mass is 372 g/mol. The number of ether oxygens (including phenoxy) is 2. The lowest BCUT2D eigenvalue weighted by molar-refractivity contribution is -0.368. The van der Waals surface area contributed by atoms with Crippen LogP contribution in [0.2, 0.25) is 0 Å². The van der Waals surface area contributed by atoms with E-state index in [1.165, 1.54) is 5.56 Å². The maximum atomic E-state index is 10.6. The molecule has 0 amide bonds. The molecule has 2 aromatic carbocycles. The van der Waals surface area contributed by atoms with Gasteiger partial charge < -0.3 is 29.9 Å². The van der Waals surface area contributed by atoms with E-state index in [1.54, 1.807) is 0 Å². The molecule has 1 saturated heterocycles. The molecular formula is C21H24O6. The summed E-state index contributed by atoms with van der Waals surface area (Å²) in [6, 6.07) is 14.1. The molecule has 0 aromatic heterocycles. The van der Waals surface area contributed by atoms with Crippen LogP contribution in [0.4, 0.5) is 0 Å². The van der Waals surface area contributed by atoms with Crippen LogP contribution in [-0.2, 0) is 28.3 Å². The number of aliphatic hydroxyl groups excluding tert-OH is 4. The summed E-state index contributed by atoms with van der Waals surface area (Å²) in [5, 5.41) is 40.4. The summed E-state index contributed by atoms with van der Waals surface area (Å²) in [6.45, 7) is 1.77. The molecule has 144 valence electrons. The van der Waals surface area contributed by atoms with E-state index < -0.39 is 36.8 Å². The van der Waals surface area contributed by atoms with Crippen molar-refractivity contribution in [2.24, 2.45) is 0 Å². The van der Waals surface area contributed by atoms with E-state index in [2.05, 4.69) is 12.1 Å². The Morgan fingerprint density at radius 3 is 2.56 bits per heavy atom. The third-order valence-corrected chi connectivity index (χ3v) is 5.43. The molecule has 4 rings (SSSR count). The molecule has 0 unspecified atom stereocenters. The Bertz CT molecular complexity index is 835. The minimum absolute atomic E-state index is 0.220. The average molecular weight is 372 g/mol. The minimum Gasteiger partial charge on any atom is -0.394 e. The quantitative estimate of drug-likeness (QED) is 0.634. The molecule has 4 N–H and O–H groups in total. The molecule has 0 radical (unpaired) electrons. The highest BCUT2D eigenvalue weighted by Crippen LogP contribution is 2.46. The molecule has 2 aliphatic heterocycles. The largest absolute Gasteiger partial charge is 0.394 e. The van der Waals surface area contributed by atoms with Crippen LogP contribution >= 0.6 is 0 Å². The molecule has 0 bridgehead atoms. The van der Waals surface area contributed by atoms with Crippen molar-refractivity contribution in [2.45, 2.75) is 50.2 Å². The minimum atomic E-state index is -1.59.